The number of benzene rings is 4. The van der Waals surface area contributed by atoms with Gasteiger partial charge in [-0.1, -0.05) is 61.9 Å². The van der Waals surface area contributed by atoms with Gasteiger partial charge in [-0.3, -0.25) is 0 Å². The Labute approximate surface area is 214 Å². The third-order valence-electron chi connectivity index (χ3n) is 5.79. The first-order chi connectivity index (χ1) is 18.1. The number of ether oxygens (including phenoxy) is 2. The molecule has 0 bridgehead atoms. The maximum absolute atomic E-state index is 14.8. The summed E-state index contributed by atoms with van der Waals surface area (Å²) in [4.78, 5) is 0. The van der Waals surface area contributed by atoms with Crippen LogP contribution in [-0.2, 0) is 12.5 Å². The largest absolute Gasteiger partial charge is 0.457 e. The maximum Gasteiger partial charge on any atom is 0.432 e. The maximum atomic E-state index is 14.8. The molecule has 0 fully saturated rings. The summed E-state index contributed by atoms with van der Waals surface area (Å²) in [5.74, 6) is -8.56. The third-order valence-corrected chi connectivity index (χ3v) is 5.79. The quantitative estimate of drug-likeness (QED) is 0.200. The minimum Gasteiger partial charge on any atom is -0.457 e. The van der Waals surface area contributed by atoms with Gasteiger partial charge in [0.25, 0.3) is 0 Å². The van der Waals surface area contributed by atoms with Gasteiger partial charge >= 0.3 is 6.11 Å². The normalized spacial score (nSPS) is 11.5. The monoisotopic (exact) mass is 534 g/mol. The van der Waals surface area contributed by atoms with E-state index in [4.69, 9.17) is 0 Å². The lowest BCUT2D eigenvalue weighted by molar-refractivity contribution is -0.189. The fourth-order valence-electron chi connectivity index (χ4n) is 4.01. The lowest BCUT2D eigenvalue weighted by atomic mass is 9.98. The van der Waals surface area contributed by atoms with E-state index in [9.17, 15) is 30.7 Å². The summed E-state index contributed by atoms with van der Waals surface area (Å²) in [5, 5.41) is 0. The van der Waals surface area contributed by atoms with Gasteiger partial charge in [-0.15, -0.1) is 0 Å². The van der Waals surface area contributed by atoms with Crippen LogP contribution in [0.3, 0.4) is 0 Å². The number of halogens is 7. The number of hydrogen-bond donors (Lipinski definition) is 0. The van der Waals surface area contributed by atoms with Crippen molar-refractivity contribution >= 4 is 0 Å². The van der Waals surface area contributed by atoms with Crippen LogP contribution in [0, 0.1) is 23.3 Å². The van der Waals surface area contributed by atoms with Crippen LogP contribution >= 0.6 is 0 Å². The van der Waals surface area contributed by atoms with Gasteiger partial charge in [-0.25, -0.2) is 22.0 Å². The molecule has 0 N–H and O–H groups in total. The molecule has 0 aliphatic rings. The molecule has 4 rings (SSSR count). The van der Waals surface area contributed by atoms with Crippen molar-refractivity contribution in [1.29, 1.82) is 0 Å². The predicted octanol–water partition coefficient (Wildman–Crippen LogP) is 8.96. The second-order valence-corrected chi connectivity index (χ2v) is 8.43. The molecule has 0 aromatic heterocycles. The van der Waals surface area contributed by atoms with Gasteiger partial charge in [0.15, 0.2) is 17.4 Å². The van der Waals surface area contributed by atoms with E-state index in [0.717, 1.165) is 24.0 Å². The highest BCUT2D eigenvalue weighted by Gasteiger charge is 2.41. The zero-order valence-electron chi connectivity index (χ0n) is 20.0. The van der Waals surface area contributed by atoms with Gasteiger partial charge < -0.3 is 9.47 Å². The Morgan fingerprint density at radius 1 is 0.658 bits per heavy atom. The molecule has 0 amide bonds. The topological polar surface area (TPSA) is 18.5 Å². The van der Waals surface area contributed by atoms with E-state index in [2.05, 4.69) is 16.4 Å². The third kappa shape index (κ3) is 5.77. The Morgan fingerprint density at radius 3 is 1.61 bits per heavy atom. The van der Waals surface area contributed by atoms with Crippen LogP contribution in [0.25, 0.3) is 22.3 Å². The predicted molar refractivity (Wildman–Crippen MR) is 129 cm³/mol. The fourth-order valence-corrected chi connectivity index (χ4v) is 4.01. The number of hydrogen-bond acceptors (Lipinski definition) is 2. The van der Waals surface area contributed by atoms with Crippen LogP contribution in [0.5, 0.6) is 11.5 Å². The molecule has 38 heavy (non-hydrogen) atoms. The van der Waals surface area contributed by atoms with E-state index in [1.165, 1.54) is 5.56 Å². The number of aryl methyl sites for hydroxylation is 1. The first-order valence-electron chi connectivity index (χ1n) is 11.6. The van der Waals surface area contributed by atoms with E-state index in [1.807, 2.05) is 24.3 Å². The highest BCUT2D eigenvalue weighted by Crippen LogP contribution is 2.38. The molecule has 0 saturated heterocycles. The van der Waals surface area contributed by atoms with E-state index in [0.29, 0.717) is 17.7 Å². The molecule has 2 nitrogen and oxygen atoms in total. The zero-order chi connectivity index (χ0) is 27.4. The molecule has 0 aliphatic carbocycles. The lowest BCUT2D eigenvalue weighted by Gasteiger charge is -2.20. The Balaban J connectivity index is 1.58. The standard InChI is InChI=1S/C29H21F7O2/c1-2-3-17-4-6-18(7-5-17)19-8-10-20(11-9-19)21-12-23(31)27(24(32)13-21)29(35,36)38-22-14-25(33)28(37-16-30)26(34)15-22/h4-15H,2-3,16H2,1H3. The molecule has 4 aromatic rings. The molecule has 4 aromatic carbocycles. The van der Waals surface area contributed by atoms with Gasteiger partial charge in [0, 0.05) is 12.1 Å². The first kappa shape index (κ1) is 27.0. The average molecular weight is 534 g/mol. The van der Waals surface area contributed by atoms with Crippen LogP contribution in [0.2, 0.25) is 0 Å². The molecule has 9 heteroatoms. The van der Waals surface area contributed by atoms with Crippen LogP contribution in [0.1, 0.15) is 24.5 Å². The van der Waals surface area contributed by atoms with Crippen molar-refractivity contribution in [3.8, 4) is 33.8 Å². The van der Waals surface area contributed by atoms with E-state index >= 15 is 0 Å². The molecule has 0 atom stereocenters. The van der Waals surface area contributed by atoms with Gasteiger partial charge in [-0.2, -0.15) is 8.78 Å². The summed E-state index contributed by atoms with van der Waals surface area (Å²) in [5.41, 5.74) is 1.63. The zero-order valence-corrected chi connectivity index (χ0v) is 20.0. The van der Waals surface area contributed by atoms with Crippen molar-refractivity contribution in [2.75, 3.05) is 6.86 Å². The minimum absolute atomic E-state index is 0.00536. The number of rotatable bonds is 9. The highest BCUT2D eigenvalue weighted by molar-refractivity contribution is 5.71. The summed E-state index contributed by atoms with van der Waals surface area (Å²) in [6.45, 7) is 0.522. The van der Waals surface area contributed by atoms with Crippen molar-refractivity contribution in [3.63, 3.8) is 0 Å². The second-order valence-electron chi connectivity index (χ2n) is 8.43. The Morgan fingerprint density at radius 2 is 1.13 bits per heavy atom. The van der Waals surface area contributed by atoms with E-state index in [-0.39, 0.29) is 17.7 Å². The minimum atomic E-state index is -4.64. The molecule has 198 valence electrons. The van der Waals surface area contributed by atoms with Crippen molar-refractivity contribution in [2.24, 2.45) is 0 Å². The summed E-state index contributed by atoms with van der Waals surface area (Å²) >= 11 is 0. The Kier molecular flexibility index (Phi) is 7.94. The Bertz CT molecular complexity index is 1370. The summed E-state index contributed by atoms with van der Waals surface area (Å²) < 4.78 is 107. The van der Waals surface area contributed by atoms with E-state index < -0.39 is 53.3 Å². The molecule has 0 spiro atoms. The van der Waals surface area contributed by atoms with Crippen molar-refractivity contribution in [2.45, 2.75) is 25.9 Å². The van der Waals surface area contributed by atoms with Crippen LogP contribution in [0.15, 0.2) is 72.8 Å². The molecular formula is C29H21F7O2. The van der Waals surface area contributed by atoms with Crippen molar-refractivity contribution < 1.29 is 40.2 Å². The van der Waals surface area contributed by atoms with Crippen molar-refractivity contribution in [1.82, 2.24) is 0 Å². The van der Waals surface area contributed by atoms with Gasteiger partial charge in [0.1, 0.15) is 22.9 Å². The first-order valence-corrected chi connectivity index (χ1v) is 11.6. The number of alkyl halides is 3. The molecule has 0 saturated carbocycles. The SMILES string of the molecule is CCCc1ccc(-c2ccc(-c3cc(F)c(C(F)(F)Oc4cc(F)c(OCF)c(F)c4)c(F)c3)cc2)cc1. The second kappa shape index (κ2) is 11.2. The summed E-state index contributed by atoms with van der Waals surface area (Å²) in [6.07, 6.45) is -2.65. The molecule has 0 unspecified atom stereocenters. The van der Waals surface area contributed by atoms with Crippen molar-refractivity contribution in [3.05, 3.63) is 107 Å². The smallest absolute Gasteiger partial charge is 0.432 e. The van der Waals surface area contributed by atoms with Gasteiger partial charge in [-0.05, 0) is 46.4 Å². The lowest BCUT2D eigenvalue weighted by Crippen LogP contribution is -2.25. The summed E-state index contributed by atoms with van der Waals surface area (Å²) in [6, 6.07) is 16.7. The molecular weight excluding hydrogens is 513 g/mol. The van der Waals surface area contributed by atoms with Gasteiger partial charge in [0.2, 0.25) is 6.86 Å². The average Bonchev–Trinajstić information content (AvgIpc) is 2.86. The fraction of sp³-hybridized carbons (Fsp3) is 0.172. The van der Waals surface area contributed by atoms with E-state index in [1.54, 1.807) is 24.3 Å². The van der Waals surface area contributed by atoms with Gasteiger partial charge in [0.05, 0.1) is 0 Å². The van der Waals surface area contributed by atoms with Crippen LogP contribution in [-0.4, -0.2) is 6.86 Å². The highest BCUT2D eigenvalue weighted by atomic mass is 19.3. The van der Waals surface area contributed by atoms with Crippen LogP contribution < -0.4 is 9.47 Å². The molecule has 0 aliphatic heterocycles. The van der Waals surface area contributed by atoms with Crippen LogP contribution in [0.4, 0.5) is 30.7 Å². The molecule has 0 radical (unpaired) electrons. The molecule has 0 heterocycles. The Hall–Kier alpha value is -4.01. The summed E-state index contributed by atoms with van der Waals surface area (Å²) in [7, 11) is 0.